The number of nitro groups is 1. The summed E-state index contributed by atoms with van der Waals surface area (Å²) in [5.41, 5.74) is 0.118. The lowest BCUT2D eigenvalue weighted by Gasteiger charge is -2.07. The van der Waals surface area contributed by atoms with E-state index in [0.717, 1.165) is 0 Å². The van der Waals surface area contributed by atoms with Crippen LogP contribution < -0.4 is 5.32 Å². The maximum absolute atomic E-state index is 11.7. The number of nitrogens with one attached hydrogen (secondary N) is 1. The second kappa shape index (κ2) is 6.36. The number of carbonyl (C=O) groups is 1. The summed E-state index contributed by atoms with van der Waals surface area (Å²) in [7, 11) is 0. The molecule has 0 aliphatic heterocycles. The minimum Gasteiger partial charge on any atom is -0.392 e. The molecule has 2 N–H and O–H groups in total. The molecule has 0 unspecified atom stereocenters. The van der Waals surface area contributed by atoms with E-state index in [1.165, 1.54) is 23.9 Å². The highest BCUT2D eigenvalue weighted by Gasteiger charge is 2.16. The third kappa shape index (κ3) is 3.71. The summed E-state index contributed by atoms with van der Waals surface area (Å²) < 4.78 is 0. The van der Waals surface area contributed by atoms with Crippen molar-refractivity contribution in [2.24, 2.45) is 0 Å². The van der Waals surface area contributed by atoms with Gasteiger partial charge in [-0.1, -0.05) is 0 Å². The highest BCUT2D eigenvalue weighted by atomic mass is 32.2. The van der Waals surface area contributed by atoms with Gasteiger partial charge in [0.15, 0.2) is 0 Å². The lowest BCUT2D eigenvalue weighted by molar-refractivity contribution is -0.387. The van der Waals surface area contributed by atoms with E-state index < -0.39 is 16.9 Å². The Bertz CT molecular complexity index is 462. The Kier molecular flexibility index (Phi) is 5.11. The maximum Gasteiger partial charge on any atom is 0.283 e. The van der Waals surface area contributed by atoms with Crippen LogP contribution in [0.2, 0.25) is 0 Å². The van der Waals surface area contributed by atoms with Gasteiger partial charge in [-0.25, -0.2) is 0 Å². The first-order chi connectivity index (χ1) is 8.45. The number of nitrogens with zero attached hydrogens (tertiary/aromatic N) is 1. The molecular formula is C11H14N2O4S. The molecule has 0 spiro atoms. The van der Waals surface area contributed by atoms with E-state index in [1.807, 2.05) is 0 Å². The van der Waals surface area contributed by atoms with Gasteiger partial charge in [-0.05, 0) is 25.3 Å². The zero-order chi connectivity index (χ0) is 13.7. The Morgan fingerprint density at radius 2 is 2.28 bits per heavy atom. The van der Waals surface area contributed by atoms with Crippen LogP contribution in [0.4, 0.5) is 5.69 Å². The Hall–Kier alpha value is -1.60. The number of hydrogen-bond donors (Lipinski definition) is 2. The number of amides is 1. The van der Waals surface area contributed by atoms with Crippen LogP contribution in [0.15, 0.2) is 23.1 Å². The van der Waals surface area contributed by atoms with Gasteiger partial charge in [0.1, 0.15) is 0 Å². The van der Waals surface area contributed by atoms with Crippen molar-refractivity contribution in [3.8, 4) is 0 Å². The fourth-order valence-electron chi connectivity index (χ4n) is 1.32. The predicted octanol–water partition coefficient (Wildman–Crippen LogP) is 1.43. The van der Waals surface area contributed by atoms with Crippen LogP contribution in [0.25, 0.3) is 0 Å². The van der Waals surface area contributed by atoms with E-state index in [-0.39, 0.29) is 17.8 Å². The number of hydrogen-bond acceptors (Lipinski definition) is 5. The first-order valence-corrected chi connectivity index (χ1v) is 6.47. The van der Waals surface area contributed by atoms with Crippen molar-refractivity contribution >= 4 is 23.4 Å². The summed E-state index contributed by atoms with van der Waals surface area (Å²) in [6, 6.07) is 4.31. The largest absolute Gasteiger partial charge is 0.392 e. The number of aliphatic hydroxyl groups is 1. The van der Waals surface area contributed by atoms with Crippen LogP contribution in [-0.2, 0) is 0 Å². The Balaban J connectivity index is 2.94. The van der Waals surface area contributed by atoms with E-state index in [2.05, 4.69) is 5.32 Å². The zero-order valence-corrected chi connectivity index (χ0v) is 10.9. The summed E-state index contributed by atoms with van der Waals surface area (Å²) in [4.78, 5) is 22.5. The lowest BCUT2D eigenvalue weighted by atomic mass is 10.2. The third-order valence-corrected chi connectivity index (χ3v) is 2.98. The second-order valence-electron chi connectivity index (χ2n) is 3.70. The van der Waals surface area contributed by atoms with Crippen molar-refractivity contribution < 1.29 is 14.8 Å². The maximum atomic E-state index is 11.7. The van der Waals surface area contributed by atoms with E-state index in [0.29, 0.717) is 4.90 Å². The molecule has 1 aromatic carbocycles. The summed E-state index contributed by atoms with van der Waals surface area (Å²) in [6.45, 7) is 1.65. The molecule has 0 bridgehead atoms. The second-order valence-corrected chi connectivity index (χ2v) is 4.55. The van der Waals surface area contributed by atoms with Crippen molar-refractivity contribution in [3.05, 3.63) is 33.9 Å². The molecule has 0 heterocycles. The number of nitro benzene ring substituents is 1. The minimum atomic E-state index is -0.658. The molecule has 1 amide bonds. The van der Waals surface area contributed by atoms with Crippen LogP contribution in [0.3, 0.4) is 0 Å². The normalized spacial score (nSPS) is 11.9. The molecule has 98 valence electrons. The number of benzene rings is 1. The van der Waals surface area contributed by atoms with E-state index >= 15 is 0 Å². The average molecular weight is 270 g/mol. The molecule has 0 aliphatic rings. The summed E-state index contributed by atoms with van der Waals surface area (Å²) in [6.07, 6.45) is 1.07. The lowest BCUT2D eigenvalue weighted by Crippen LogP contribution is -2.30. The van der Waals surface area contributed by atoms with Gasteiger partial charge < -0.3 is 10.4 Å². The number of thioether (sulfide) groups is 1. The molecule has 0 aromatic heterocycles. The Morgan fingerprint density at radius 1 is 1.61 bits per heavy atom. The Labute approximate surface area is 109 Å². The SMILES string of the molecule is CSc1ccc(C(=O)NC[C@H](C)O)cc1[N+](=O)[O-]. The predicted molar refractivity (Wildman–Crippen MR) is 68.9 cm³/mol. The molecular weight excluding hydrogens is 256 g/mol. The van der Waals surface area contributed by atoms with Crippen molar-refractivity contribution in [2.45, 2.75) is 17.9 Å². The molecule has 0 saturated heterocycles. The van der Waals surface area contributed by atoms with Crippen molar-refractivity contribution in [3.63, 3.8) is 0 Å². The third-order valence-electron chi connectivity index (χ3n) is 2.20. The van der Waals surface area contributed by atoms with Crippen LogP contribution in [0, 0.1) is 10.1 Å². The van der Waals surface area contributed by atoms with Gasteiger partial charge in [0, 0.05) is 18.2 Å². The molecule has 0 fully saturated rings. The molecule has 0 aliphatic carbocycles. The number of aliphatic hydroxyl groups excluding tert-OH is 1. The molecule has 18 heavy (non-hydrogen) atoms. The standard InChI is InChI=1S/C11H14N2O4S/c1-7(14)6-12-11(15)8-3-4-10(18-2)9(5-8)13(16)17/h3-5,7,14H,6H2,1-2H3,(H,12,15)/t7-/m0/s1. The van der Waals surface area contributed by atoms with Gasteiger partial charge in [-0.15, -0.1) is 11.8 Å². The van der Waals surface area contributed by atoms with Crippen LogP contribution in [0.5, 0.6) is 0 Å². The Morgan fingerprint density at radius 3 is 2.78 bits per heavy atom. The van der Waals surface area contributed by atoms with Gasteiger partial charge in [-0.3, -0.25) is 14.9 Å². The fourth-order valence-corrected chi connectivity index (χ4v) is 1.86. The van der Waals surface area contributed by atoms with Crippen molar-refractivity contribution in [2.75, 3.05) is 12.8 Å². The quantitative estimate of drug-likeness (QED) is 0.479. The van der Waals surface area contributed by atoms with Gasteiger partial charge in [-0.2, -0.15) is 0 Å². The van der Waals surface area contributed by atoms with E-state index in [9.17, 15) is 14.9 Å². The average Bonchev–Trinajstić information content (AvgIpc) is 2.34. The summed E-state index contributed by atoms with van der Waals surface area (Å²) >= 11 is 1.25. The van der Waals surface area contributed by atoms with Crippen LogP contribution in [0.1, 0.15) is 17.3 Å². The molecule has 1 rings (SSSR count). The van der Waals surface area contributed by atoms with E-state index in [4.69, 9.17) is 5.11 Å². The number of rotatable bonds is 5. The molecule has 1 aromatic rings. The van der Waals surface area contributed by atoms with Gasteiger partial charge in [0.05, 0.1) is 15.9 Å². The van der Waals surface area contributed by atoms with Crippen LogP contribution >= 0.6 is 11.8 Å². The first-order valence-electron chi connectivity index (χ1n) is 5.24. The van der Waals surface area contributed by atoms with Gasteiger partial charge >= 0.3 is 0 Å². The summed E-state index contributed by atoms with van der Waals surface area (Å²) in [5, 5.41) is 22.4. The molecule has 7 heteroatoms. The van der Waals surface area contributed by atoms with Crippen molar-refractivity contribution in [1.29, 1.82) is 0 Å². The summed E-state index contributed by atoms with van der Waals surface area (Å²) in [5.74, 6) is -0.438. The van der Waals surface area contributed by atoms with E-state index in [1.54, 1.807) is 19.2 Å². The monoisotopic (exact) mass is 270 g/mol. The van der Waals surface area contributed by atoms with Gasteiger partial charge in [0.2, 0.25) is 0 Å². The van der Waals surface area contributed by atoms with Gasteiger partial charge in [0.25, 0.3) is 11.6 Å². The topological polar surface area (TPSA) is 92.5 Å². The molecule has 0 saturated carbocycles. The minimum absolute atomic E-state index is 0.0906. The van der Waals surface area contributed by atoms with Crippen LogP contribution in [-0.4, -0.2) is 34.8 Å². The number of carbonyl (C=O) groups excluding carboxylic acids is 1. The first kappa shape index (κ1) is 14.5. The molecule has 0 radical (unpaired) electrons. The molecule has 1 atom stereocenters. The fraction of sp³-hybridized carbons (Fsp3) is 0.364. The molecule has 6 nitrogen and oxygen atoms in total. The highest BCUT2D eigenvalue weighted by molar-refractivity contribution is 7.98. The highest BCUT2D eigenvalue weighted by Crippen LogP contribution is 2.28. The smallest absolute Gasteiger partial charge is 0.283 e. The zero-order valence-electron chi connectivity index (χ0n) is 10.0. The van der Waals surface area contributed by atoms with Crippen molar-refractivity contribution in [1.82, 2.24) is 5.32 Å².